The van der Waals surface area contributed by atoms with E-state index in [-0.39, 0.29) is 5.54 Å². The van der Waals surface area contributed by atoms with Gasteiger partial charge in [0.15, 0.2) is 5.65 Å². The van der Waals surface area contributed by atoms with Crippen LogP contribution in [0.25, 0.3) is 11.2 Å². The molecule has 1 aliphatic carbocycles. The second-order valence-electron chi connectivity index (χ2n) is 4.49. The van der Waals surface area contributed by atoms with Crippen molar-refractivity contribution in [3.63, 3.8) is 0 Å². The van der Waals surface area contributed by atoms with Gasteiger partial charge in [-0.2, -0.15) is 0 Å². The quantitative estimate of drug-likeness (QED) is 0.771. The number of fused-ring (bicyclic) bond motifs is 1. The van der Waals surface area contributed by atoms with E-state index in [9.17, 15) is 0 Å². The van der Waals surface area contributed by atoms with Gasteiger partial charge in [0.2, 0.25) is 0 Å². The normalized spacial score (nSPS) is 17.9. The molecule has 1 fully saturated rings. The van der Waals surface area contributed by atoms with Gasteiger partial charge in [0.25, 0.3) is 0 Å². The van der Waals surface area contributed by atoms with Crippen molar-refractivity contribution in [3.8, 4) is 0 Å². The van der Waals surface area contributed by atoms with Gasteiger partial charge in [0.05, 0.1) is 10.9 Å². The SMILES string of the molecule is CC1(n2c(CCl)nc3cc(Cl)cnc32)CC1. The van der Waals surface area contributed by atoms with Crippen LogP contribution in [0.5, 0.6) is 0 Å². The third-order valence-corrected chi connectivity index (χ3v) is 3.61. The van der Waals surface area contributed by atoms with Gasteiger partial charge in [-0.25, -0.2) is 9.97 Å². The first-order chi connectivity index (χ1) is 7.64. The van der Waals surface area contributed by atoms with Gasteiger partial charge in [0.1, 0.15) is 11.3 Å². The number of nitrogens with zero attached hydrogens (tertiary/aromatic N) is 3. The lowest BCUT2D eigenvalue weighted by Crippen LogP contribution is -2.15. The third-order valence-electron chi connectivity index (χ3n) is 3.17. The minimum atomic E-state index is 0.153. The summed E-state index contributed by atoms with van der Waals surface area (Å²) in [7, 11) is 0. The first kappa shape index (κ1) is 10.4. The zero-order valence-corrected chi connectivity index (χ0v) is 10.4. The van der Waals surface area contributed by atoms with Crippen molar-refractivity contribution in [3.05, 3.63) is 23.1 Å². The lowest BCUT2D eigenvalue weighted by atomic mass is 10.3. The number of hydrogen-bond acceptors (Lipinski definition) is 2. The number of aromatic nitrogens is 3. The maximum atomic E-state index is 5.93. The molecule has 5 heteroatoms. The van der Waals surface area contributed by atoms with Gasteiger partial charge in [-0.3, -0.25) is 0 Å². The molecular formula is C11H11Cl2N3. The average Bonchev–Trinajstić information content (AvgIpc) is 2.89. The van der Waals surface area contributed by atoms with Crippen molar-refractivity contribution in [1.82, 2.24) is 14.5 Å². The second-order valence-corrected chi connectivity index (χ2v) is 5.19. The van der Waals surface area contributed by atoms with Crippen molar-refractivity contribution in [1.29, 1.82) is 0 Å². The molecule has 0 N–H and O–H groups in total. The molecule has 1 saturated carbocycles. The summed E-state index contributed by atoms with van der Waals surface area (Å²) >= 11 is 11.8. The van der Waals surface area contributed by atoms with E-state index in [1.807, 2.05) is 6.07 Å². The van der Waals surface area contributed by atoms with E-state index in [4.69, 9.17) is 23.2 Å². The molecular weight excluding hydrogens is 245 g/mol. The predicted octanol–water partition coefficient (Wildman–Crippen LogP) is 3.33. The minimum absolute atomic E-state index is 0.153. The third kappa shape index (κ3) is 1.42. The van der Waals surface area contributed by atoms with E-state index in [0.29, 0.717) is 10.9 Å². The van der Waals surface area contributed by atoms with Crippen LogP contribution in [0.4, 0.5) is 0 Å². The fourth-order valence-electron chi connectivity index (χ4n) is 2.05. The van der Waals surface area contributed by atoms with Crippen LogP contribution in [-0.2, 0) is 11.4 Å². The molecule has 0 unspecified atom stereocenters. The van der Waals surface area contributed by atoms with E-state index in [0.717, 1.165) is 29.8 Å². The number of imidazole rings is 1. The summed E-state index contributed by atoms with van der Waals surface area (Å²) in [6.45, 7) is 2.21. The van der Waals surface area contributed by atoms with E-state index >= 15 is 0 Å². The van der Waals surface area contributed by atoms with E-state index in [1.165, 1.54) is 0 Å². The first-order valence-corrected chi connectivity index (χ1v) is 6.15. The molecule has 0 atom stereocenters. The second kappa shape index (κ2) is 3.34. The Hall–Kier alpha value is -0.800. The van der Waals surface area contributed by atoms with Crippen LogP contribution in [0.3, 0.4) is 0 Å². The molecule has 2 aromatic heterocycles. The molecule has 0 spiro atoms. The summed E-state index contributed by atoms with van der Waals surface area (Å²) in [6, 6.07) is 1.84. The molecule has 0 saturated heterocycles. The molecule has 16 heavy (non-hydrogen) atoms. The highest BCUT2D eigenvalue weighted by Crippen LogP contribution is 2.45. The van der Waals surface area contributed by atoms with Crippen LogP contribution in [0, 0.1) is 0 Å². The first-order valence-electron chi connectivity index (χ1n) is 5.23. The Bertz CT molecular complexity index is 558. The highest BCUT2D eigenvalue weighted by molar-refractivity contribution is 6.31. The number of hydrogen-bond donors (Lipinski definition) is 0. The lowest BCUT2D eigenvalue weighted by Gasteiger charge is -2.13. The van der Waals surface area contributed by atoms with Crippen LogP contribution in [0.1, 0.15) is 25.6 Å². The molecule has 0 radical (unpaired) electrons. The summed E-state index contributed by atoms with van der Waals surface area (Å²) in [5, 5.41) is 0.610. The molecule has 3 rings (SSSR count). The molecule has 3 nitrogen and oxygen atoms in total. The van der Waals surface area contributed by atoms with Crippen LogP contribution >= 0.6 is 23.2 Å². The van der Waals surface area contributed by atoms with Crippen molar-refractivity contribution in [2.75, 3.05) is 0 Å². The van der Waals surface area contributed by atoms with Gasteiger partial charge >= 0.3 is 0 Å². The van der Waals surface area contributed by atoms with Crippen LogP contribution in [-0.4, -0.2) is 14.5 Å². The maximum absolute atomic E-state index is 5.93. The smallest absolute Gasteiger partial charge is 0.160 e. The largest absolute Gasteiger partial charge is 0.306 e. The maximum Gasteiger partial charge on any atom is 0.160 e. The summed E-state index contributed by atoms with van der Waals surface area (Å²) < 4.78 is 2.16. The Morgan fingerprint density at radius 1 is 1.50 bits per heavy atom. The molecule has 0 aliphatic heterocycles. The van der Waals surface area contributed by atoms with Gasteiger partial charge in [-0.1, -0.05) is 11.6 Å². The van der Waals surface area contributed by atoms with E-state index in [1.54, 1.807) is 6.20 Å². The molecule has 2 aromatic rings. The zero-order valence-electron chi connectivity index (χ0n) is 8.87. The highest BCUT2D eigenvalue weighted by Gasteiger charge is 2.42. The highest BCUT2D eigenvalue weighted by atomic mass is 35.5. The van der Waals surface area contributed by atoms with Crippen LogP contribution in [0.15, 0.2) is 12.3 Å². The van der Waals surface area contributed by atoms with Gasteiger partial charge in [0, 0.05) is 11.7 Å². The molecule has 0 amide bonds. The Labute approximate surface area is 103 Å². The van der Waals surface area contributed by atoms with Gasteiger partial charge < -0.3 is 4.57 Å². The van der Waals surface area contributed by atoms with Crippen molar-refractivity contribution >= 4 is 34.4 Å². The van der Waals surface area contributed by atoms with Crippen molar-refractivity contribution < 1.29 is 0 Å². The van der Waals surface area contributed by atoms with Crippen LogP contribution < -0.4 is 0 Å². The molecule has 1 aliphatic rings. The number of alkyl halides is 1. The summed E-state index contributed by atoms with van der Waals surface area (Å²) in [5.41, 5.74) is 1.87. The summed E-state index contributed by atoms with van der Waals surface area (Å²) in [5.74, 6) is 1.29. The molecule has 0 aromatic carbocycles. The van der Waals surface area contributed by atoms with Gasteiger partial charge in [-0.15, -0.1) is 11.6 Å². The topological polar surface area (TPSA) is 30.7 Å². The fraction of sp³-hybridized carbons (Fsp3) is 0.455. The monoisotopic (exact) mass is 255 g/mol. The molecule has 84 valence electrons. The molecule has 0 bridgehead atoms. The van der Waals surface area contributed by atoms with Crippen LogP contribution in [0.2, 0.25) is 5.02 Å². The van der Waals surface area contributed by atoms with E-state index in [2.05, 4.69) is 21.5 Å². The molecule has 2 heterocycles. The number of rotatable bonds is 2. The lowest BCUT2D eigenvalue weighted by molar-refractivity contribution is 0.527. The van der Waals surface area contributed by atoms with Crippen molar-refractivity contribution in [2.45, 2.75) is 31.2 Å². The summed E-state index contributed by atoms with van der Waals surface area (Å²) in [6.07, 6.45) is 3.98. The summed E-state index contributed by atoms with van der Waals surface area (Å²) in [4.78, 5) is 8.85. The average molecular weight is 256 g/mol. The standard InChI is InChI=1S/C11H11Cl2N3/c1-11(2-3-11)16-9(5-12)15-8-4-7(13)6-14-10(8)16/h4,6H,2-3,5H2,1H3. The Morgan fingerprint density at radius 3 is 2.88 bits per heavy atom. The minimum Gasteiger partial charge on any atom is -0.306 e. The number of pyridine rings is 1. The predicted molar refractivity (Wildman–Crippen MR) is 65.0 cm³/mol. The Kier molecular flexibility index (Phi) is 2.17. The number of halogens is 2. The van der Waals surface area contributed by atoms with E-state index < -0.39 is 0 Å². The zero-order chi connectivity index (χ0) is 11.3. The van der Waals surface area contributed by atoms with Gasteiger partial charge in [-0.05, 0) is 25.8 Å². The fourth-order valence-corrected chi connectivity index (χ4v) is 2.38. The Morgan fingerprint density at radius 2 is 2.25 bits per heavy atom. The Balaban J connectivity index is 2.31. The van der Waals surface area contributed by atoms with Crippen molar-refractivity contribution in [2.24, 2.45) is 0 Å².